The zero-order valence-corrected chi connectivity index (χ0v) is 10.00. The molecule has 0 nitrogen and oxygen atoms in total. The summed E-state index contributed by atoms with van der Waals surface area (Å²) in [4.78, 5) is 0. The second-order valence-corrected chi connectivity index (χ2v) is 4.27. The molecule has 1 rings (SSSR count). The molecule has 1 aromatic carbocycles. The Bertz CT molecular complexity index is 281. The lowest BCUT2D eigenvalue weighted by molar-refractivity contribution is 0.774. The van der Waals surface area contributed by atoms with Gasteiger partial charge in [-0.05, 0) is 36.3 Å². The van der Waals surface area contributed by atoms with Crippen LogP contribution in [-0.4, -0.2) is 0 Å². The Morgan fingerprint density at radius 3 is 2.47 bits per heavy atom. The van der Waals surface area contributed by atoms with Crippen LogP contribution in [-0.2, 0) is 6.42 Å². The molecule has 1 aromatic rings. The minimum atomic E-state index is 0.600. The summed E-state index contributed by atoms with van der Waals surface area (Å²) >= 11 is 0. The third kappa shape index (κ3) is 3.91. The standard InChI is InChI=1S/C15H22/c1-4-6-8-14-9-11-15(12-10-14)13(3)7-5-2/h5,9-13H,2,4,6-8H2,1,3H3. The molecular formula is C15H22. The molecule has 0 bridgehead atoms. The van der Waals surface area contributed by atoms with Crippen molar-refractivity contribution in [1.82, 2.24) is 0 Å². The van der Waals surface area contributed by atoms with Gasteiger partial charge in [-0.3, -0.25) is 0 Å². The maximum absolute atomic E-state index is 3.78. The van der Waals surface area contributed by atoms with Crippen LogP contribution in [0.5, 0.6) is 0 Å². The van der Waals surface area contributed by atoms with E-state index in [1.807, 2.05) is 6.08 Å². The number of aryl methyl sites for hydroxylation is 1. The van der Waals surface area contributed by atoms with Gasteiger partial charge in [0.15, 0.2) is 0 Å². The van der Waals surface area contributed by atoms with Gasteiger partial charge >= 0.3 is 0 Å². The van der Waals surface area contributed by atoms with E-state index in [1.165, 1.54) is 30.4 Å². The fourth-order valence-corrected chi connectivity index (χ4v) is 1.78. The third-order valence-corrected chi connectivity index (χ3v) is 2.89. The zero-order chi connectivity index (χ0) is 11.1. The number of benzene rings is 1. The molecule has 0 aliphatic rings. The summed E-state index contributed by atoms with van der Waals surface area (Å²) in [5, 5.41) is 0. The summed E-state index contributed by atoms with van der Waals surface area (Å²) in [5.74, 6) is 0.600. The van der Waals surface area contributed by atoms with Crippen molar-refractivity contribution in [2.75, 3.05) is 0 Å². The highest BCUT2D eigenvalue weighted by atomic mass is 14.1. The van der Waals surface area contributed by atoms with E-state index in [0.29, 0.717) is 5.92 Å². The van der Waals surface area contributed by atoms with Crippen molar-refractivity contribution in [3.8, 4) is 0 Å². The molecule has 0 aliphatic carbocycles. The number of unbranched alkanes of at least 4 members (excludes halogenated alkanes) is 1. The Labute approximate surface area is 94.0 Å². The number of rotatable bonds is 6. The van der Waals surface area contributed by atoms with E-state index < -0.39 is 0 Å². The first-order valence-corrected chi connectivity index (χ1v) is 5.97. The van der Waals surface area contributed by atoms with Crippen molar-refractivity contribution in [1.29, 1.82) is 0 Å². The molecule has 0 spiro atoms. The van der Waals surface area contributed by atoms with E-state index in [2.05, 4.69) is 44.7 Å². The molecule has 15 heavy (non-hydrogen) atoms. The van der Waals surface area contributed by atoms with Crippen LogP contribution in [0.25, 0.3) is 0 Å². The van der Waals surface area contributed by atoms with Crippen LogP contribution in [0.15, 0.2) is 36.9 Å². The van der Waals surface area contributed by atoms with Gasteiger partial charge in [0, 0.05) is 0 Å². The minimum Gasteiger partial charge on any atom is -0.103 e. The molecule has 0 aromatic heterocycles. The van der Waals surface area contributed by atoms with E-state index in [-0.39, 0.29) is 0 Å². The van der Waals surface area contributed by atoms with Crippen molar-refractivity contribution in [3.05, 3.63) is 48.0 Å². The van der Waals surface area contributed by atoms with Crippen molar-refractivity contribution in [2.45, 2.75) is 45.4 Å². The summed E-state index contributed by atoms with van der Waals surface area (Å²) in [6.45, 7) is 8.27. The zero-order valence-electron chi connectivity index (χ0n) is 10.00. The topological polar surface area (TPSA) is 0 Å². The highest BCUT2D eigenvalue weighted by Gasteiger charge is 2.02. The van der Waals surface area contributed by atoms with Gasteiger partial charge in [0.2, 0.25) is 0 Å². The Morgan fingerprint density at radius 1 is 1.27 bits per heavy atom. The number of hydrogen-bond acceptors (Lipinski definition) is 0. The molecule has 0 aliphatic heterocycles. The van der Waals surface area contributed by atoms with Crippen LogP contribution >= 0.6 is 0 Å². The van der Waals surface area contributed by atoms with E-state index in [0.717, 1.165) is 6.42 Å². The predicted molar refractivity (Wildman–Crippen MR) is 68.3 cm³/mol. The number of allylic oxidation sites excluding steroid dienone is 1. The SMILES string of the molecule is C=CCC(C)c1ccc(CCCC)cc1. The Morgan fingerprint density at radius 2 is 1.93 bits per heavy atom. The van der Waals surface area contributed by atoms with E-state index in [1.54, 1.807) is 0 Å². The molecule has 1 unspecified atom stereocenters. The van der Waals surface area contributed by atoms with Gasteiger partial charge in [-0.1, -0.05) is 50.6 Å². The van der Waals surface area contributed by atoms with Crippen molar-refractivity contribution >= 4 is 0 Å². The van der Waals surface area contributed by atoms with Crippen LogP contribution in [0, 0.1) is 0 Å². The van der Waals surface area contributed by atoms with Crippen molar-refractivity contribution in [2.24, 2.45) is 0 Å². The Kier molecular flexibility index (Phi) is 5.17. The van der Waals surface area contributed by atoms with Crippen molar-refractivity contribution < 1.29 is 0 Å². The van der Waals surface area contributed by atoms with Crippen LogP contribution in [0.4, 0.5) is 0 Å². The van der Waals surface area contributed by atoms with Gasteiger partial charge in [-0.25, -0.2) is 0 Å². The van der Waals surface area contributed by atoms with E-state index in [4.69, 9.17) is 0 Å². The first kappa shape index (κ1) is 12.0. The Balaban J connectivity index is 2.59. The molecule has 0 heteroatoms. The van der Waals surface area contributed by atoms with E-state index >= 15 is 0 Å². The van der Waals surface area contributed by atoms with Gasteiger partial charge in [0.25, 0.3) is 0 Å². The first-order valence-electron chi connectivity index (χ1n) is 5.97. The predicted octanol–water partition coefficient (Wildman–Crippen LogP) is 4.71. The van der Waals surface area contributed by atoms with Crippen LogP contribution in [0.2, 0.25) is 0 Å². The fourth-order valence-electron chi connectivity index (χ4n) is 1.78. The molecule has 0 radical (unpaired) electrons. The van der Waals surface area contributed by atoms with Crippen LogP contribution < -0.4 is 0 Å². The van der Waals surface area contributed by atoms with Gasteiger partial charge in [0.05, 0.1) is 0 Å². The summed E-state index contributed by atoms with van der Waals surface area (Å²) in [5.41, 5.74) is 2.89. The van der Waals surface area contributed by atoms with Gasteiger partial charge < -0.3 is 0 Å². The molecule has 0 amide bonds. The normalized spacial score (nSPS) is 12.4. The molecule has 1 atom stereocenters. The summed E-state index contributed by atoms with van der Waals surface area (Å²) < 4.78 is 0. The van der Waals surface area contributed by atoms with Crippen LogP contribution in [0.1, 0.15) is 50.2 Å². The van der Waals surface area contributed by atoms with E-state index in [9.17, 15) is 0 Å². The molecule has 0 saturated heterocycles. The average molecular weight is 202 g/mol. The highest BCUT2D eigenvalue weighted by Crippen LogP contribution is 2.20. The summed E-state index contributed by atoms with van der Waals surface area (Å²) in [7, 11) is 0. The lowest BCUT2D eigenvalue weighted by Crippen LogP contribution is -1.92. The molecule has 0 heterocycles. The lowest BCUT2D eigenvalue weighted by atomic mass is 9.96. The Hall–Kier alpha value is -1.04. The molecule has 0 fully saturated rings. The van der Waals surface area contributed by atoms with Gasteiger partial charge in [-0.15, -0.1) is 6.58 Å². The fraction of sp³-hybridized carbons (Fsp3) is 0.467. The maximum atomic E-state index is 3.78. The second-order valence-electron chi connectivity index (χ2n) is 4.27. The maximum Gasteiger partial charge on any atom is -0.0156 e. The molecule has 0 saturated carbocycles. The molecular weight excluding hydrogens is 180 g/mol. The third-order valence-electron chi connectivity index (χ3n) is 2.89. The molecule has 82 valence electrons. The summed E-state index contributed by atoms with van der Waals surface area (Å²) in [6, 6.07) is 9.06. The van der Waals surface area contributed by atoms with Crippen molar-refractivity contribution in [3.63, 3.8) is 0 Å². The van der Waals surface area contributed by atoms with Gasteiger partial charge in [-0.2, -0.15) is 0 Å². The minimum absolute atomic E-state index is 0.600. The smallest absolute Gasteiger partial charge is 0.0156 e. The largest absolute Gasteiger partial charge is 0.103 e. The van der Waals surface area contributed by atoms with Crippen LogP contribution in [0.3, 0.4) is 0 Å². The monoisotopic (exact) mass is 202 g/mol. The van der Waals surface area contributed by atoms with Gasteiger partial charge in [0.1, 0.15) is 0 Å². The first-order chi connectivity index (χ1) is 7.27. The average Bonchev–Trinajstić information content (AvgIpc) is 2.27. The lowest BCUT2D eigenvalue weighted by Gasteiger charge is -2.09. The summed E-state index contributed by atoms with van der Waals surface area (Å²) in [6.07, 6.45) is 6.84. The molecule has 0 N–H and O–H groups in total. The quantitative estimate of drug-likeness (QED) is 0.586. The second kappa shape index (κ2) is 6.44. The number of hydrogen-bond donors (Lipinski definition) is 0. The highest BCUT2D eigenvalue weighted by molar-refractivity contribution is 5.25.